The first kappa shape index (κ1) is 20.4. The highest BCUT2D eigenvalue weighted by Crippen LogP contribution is 2.40. The summed E-state index contributed by atoms with van der Waals surface area (Å²) in [7, 11) is -3.46. The van der Waals surface area contributed by atoms with E-state index in [1.54, 1.807) is 5.38 Å². The van der Waals surface area contributed by atoms with E-state index in [9.17, 15) is 27.9 Å². The van der Waals surface area contributed by atoms with E-state index < -0.39 is 39.2 Å². The van der Waals surface area contributed by atoms with Gasteiger partial charge in [0.05, 0.1) is 18.4 Å². The molecule has 2 aliphatic heterocycles. The van der Waals surface area contributed by atoms with Crippen LogP contribution in [0.4, 0.5) is 5.13 Å². The Morgan fingerprint density at radius 2 is 2.21 bits per heavy atom. The molecule has 3 heterocycles. The second-order valence-corrected chi connectivity index (χ2v) is 9.74. The number of hydrogen-bond donors (Lipinski definition) is 3. The van der Waals surface area contributed by atoms with E-state index in [1.807, 2.05) is 0 Å². The van der Waals surface area contributed by atoms with Crippen LogP contribution in [-0.2, 0) is 30.8 Å². The third kappa shape index (κ3) is 4.05. The average molecular weight is 445 g/mol. The van der Waals surface area contributed by atoms with Crippen LogP contribution >= 0.6 is 23.1 Å². The maximum Gasteiger partial charge on any atom is 0.352 e. The molecular formula is C15H16N4O6S3. The summed E-state index contributed by atoms with van der Waals surface area (Å²) in [5.41, 5.74) is 0.708. The monoisotopic (exact) mass is 444 g/mol. The van der Waals surface area contributed by atoms with Crippen molar-refractivity contribution in [1.29, 1.82) is 0 Å². The van der Waals surface area contributed by atoms with E-state index in [1.165, 1.54) is 17.8 Å². The van der Waals surface area contributed by atoms with Crippen molar-refractivity contribution in [3.8, 4) is 0 Å². The van der Waals surface area contributed by atoms with Gasteiger partial charge in [0.1, 0.15) is 17.1 Å². The zero-order valence-electron chi connectivity index (χ0n) is 14.5. The van der Waals surface area contributed by atoms with Gasteiger partial charge in [-0.25, -0.2) is 18.2 Å². The molecule has 0 aromatic carbocycles. The number of nitrogens with zero attached hydrogens (tertiary/aromatic N) is 2. The van der Waals surface area contributed by atoms with Gasteiger partial charge >= 0.3 is 5.97 Å². The van der Waals surface area contributed by atoms with Gasteiger partial charge in [0.2, 0.25) is 15.9 Å². The minimum absolute atomic E-state index is 0.106. The number of carboxylic acid groups (broad SMARTS) is 1. The molecule has 28 heavy (non-hydrogen) atoms. The molecule has 1 unspecified atom stereocenters. The smallest absolute Gasteiger partial charge is 0.352 e. The molecule has 3 N–H and O–H groups in total. The minimum Gasteiger partial charge on any atom is -0.477 e. The standard InChI is InChI=1S/C15H16N4O6S3/c1-3-7-5-26-13-10(12(21)19(13)11(7)14(22)23)17-9(20)4-8-6-27-15(16-8)18-28(2,24)25/h3,6,10,13H,1,4-5H2,2H3,(H,16,18)(H,17,20)(H,22,23)/t10?,13-/m1/s1. The van der Waals surface area contributed by atoms with Gasteiger partial charge in [-0.3, -0.25) is 19.2 Å². The maximum atomic E-state index is 12.4. The molecule has 0 radical (unpaired) electrons. The van der Waals surface area contributed by atoms with Gasteiger partial charge < -0.3 is 10.4 Å². The number of thiazole rings is 1. The van der Waals surface area contributed by atoms with Gasteiger partial charge in [0, 0.05) is 11.1 Å². The number of carboxylic acids is 1. The van der Waals surface area contributed by atoms with Crippen molar-refractivity contribution in [1.82, 2.24) is 15.2 Å². The molecule has 10 nitrogen and oxygen atoms in total. The second-order valence-electron chi connectivity index (χ2n) is 6.03. The summed E-state index contributed by atoms with van der Waals surface area (Å²) in [4.78, 5) is 41.3. The van der Waals surface area contributed by atoms with Gasteiger partial charge in [-0.1, -0.05) is 12.7 Å². The lowest BCUT2D eigenvalue weighted by atomic mass is 10.0. The number of aromatic nitrogens is 1. The van der Waals surface area contributed by atoms with Crippen LogP contribution in [0.1, 0.15) is 5.69 Å². The highest BCUT2D eigenvalue weighted by Gasteiger charge is 2.53. The Morgan fingerprint density at radius 3 is 2.82 bits per heavy atom. The molecule has 13 heteroatoms. The first-order chi connectivity index (χ1) is 13.1. The van der Waals surface area contributed by atoms with Crippen LogP contribution in [0, 0.1) is 0 Å². The van der Waals surface area contributed by atoms with Gasteiger partial charge in [-0.15, -0.1) is 23.1 Å². The molecule has 1 aromatic rings. The number of carbonyl (C=O) groups excluding carboxylic acids is 2. The number of carbonyl (C=O) groups is 3. The van der Waals surface area contributed by atoms with E-state index in [0.717, 1.165) is 22.5 Å². The Morgan fingerprint density at radius 1 is 1.50 bits per heavy atom. The van der Waals surface area contributed by atoms with E-state index in [0.29, 0.717) is 17.0 Å². The number of β-lactam (4-membered cyclic amide) rings is 1. The summed E-state index contributed by atoms with van der Waals surface area (Å²) in [6.07, 6.45) is 2.27. The summed E-state index contributed by atoms with van der Waals surface area (Å²) >= 11 is 2.39. The van der Waals surface area contributed by atoms with Crippen LogP contribution < -0.4 is 10.0 Å². The molecule has 3 rings (SSSR count). The van der Waals surface area contributed by atoms with E-state index in [2.05, 4.69) is 21.6 Å². The van der Waals surface area contributed by atoms with Crippen molar-refractivity contribution >= 4 is 56.0 Å². The van der Waals surface area contributed by atoms with Crippen LogP contribution in [-0.4, -0.2) is 64.6 Å². The predicted molar refractivity (Wildman–Crippen MR) is 104 cm³/mol. The molecular weight excluding hydrogens is 428 g/mol. The second kappa shape index (κ2) is 7.56. The number of anilines is 1. The third-order valence-electron chi connectivity index (χ3n) is 3.93. The summed E-state index contributed by atoms with van der Waals surface area (Å²) in [6, 6.07) is -0.828. The average Bonchev–Trinajstić information content (AvgIpc) is 3.02. The Hall–Kier alpha value is -2.38. The number of aliphatic carboxylic acids is 1. The topological polar surface area (TPSA) is 146 Å². The molecule has 2 amide bonds. The zero-order chi connectivity index (χ0) is 20.6. The highest BCUT2D eigenvalue weighted by atomic mass is 32.2. The zero-order valence-corrected chi connectivity index (χ0v) is 17.0. The van der Waals surface area contributed by atoms with Crippen molar-refractivity contribution in [2.75, 3.05) is 16.7 Å². The molecule has 0 saturated carbocycles. The van der Waals surface area contributed by atoms with Crippen molar-refractivity contribution in [2.45, 2.75) is 17.8 Å². The van der Waals surface area contributed by atoms with Crippen LogP contribution in [0.5, 0.6) is 0 Å². The minimum atomic E-state index is -3.46. The van der Waals surface area contributed by atoms with Crippen molar-refractivity contribution < 1.29 is 27.9 Å². The first-order valence-corrected chi connectivity index (χ1v) is 11.7. The highest BCUT2D eigenvalue weighted by molar-refractivity contribution is 8.00. The Balaban J connectivity index is 1.64. The third-order valence-corrected chi connectivity index (χ3v) is 6.73. The van der Waals surface area contributed by atoms with Crippen molar-refractivity contribution in [3.05, 3.63) is 35.0 Å². The van der Waals surface area contributed by atoms with Crippen molar-refractivity contribution in [3.63, 3.8) is 0 Å². The summed E-state index contributed by atoms with van der Waals surface area (Å²) < 4.78 is 24.6. The number of sulfonamides is 1. The molecule has 0 aliphatic carbocycles. The van der Waals surface area contributed by atoms with Crippen LogP contribution in [0.3, 0.4) is 0 Å². The summed E-state index contributed by atoms with van der Waals surface area (Å²) in [5.74, 6) is -1.81. The molecule has 0 spiro atoms. The summed E-state index contributed by atoms with van der Waals surface area (Å²) in [5, 5.41) is 13.2. The van der Waals surface area contributed by atoms with Crippen molar-refractivity contribution in [2.24, 2.45) is 0 Å². The number of thioether (sulfide) groups is 1. The largest absolute Gasteiger partial charge is 0.477 e. The fourth-order valence-corrected chi connectivity index (χ4v) is 5.69. The molecule has 1 aromatic heterocycles. The van der Waals surface area contributed by atoms with Gasteiger partial charge in [-0.05, 0) is 5.57 Å². The van der Waals surface area contributed by atoms with E-state index in [4.69, 9.17) is 0 Å². The number of fused-ring (bicyclic) bond motifs is 1. The van der Waals surface area contributed by atoms with Gasteiger partial charge in [-0.2, -0.15) is 0 Å². The van der Waals surface area contributed by atoms with Crippen LogP contribution in [0.2, 0.25) is 0 Å². The summed E-state index contributed by atoms with van der Waals surface area (Å²) in [6.45, 7) is 3.57. The molecule has 1 fully saturated rings. The maximum absolute atomic E-state index is 12.4. The lowest BCUT2D eigenvalue weighted by Gasteiger charge is -2.49. The van der Waals surface area contributed by atoms with Crippen LogP contribution in [0.15, 0.2) is 29.3 Å². The van der Waals surface area contributed by atoms with Gasteiger partial charge in [0.25, 0.3) is 5.91 Å². The Labute approximate surface area is 168 Å². The van der Waals surface area contributed by atoms with E-state index >= 15 is 0 Å². The first-order valence-electron chi connectivity index (χ1n) is 7.86. The predicted octanol–water partition coefficient (Wildman–Crippen LogP) is -0.0183. The molecule has 1 saturated heterocycles. The number of amides is 2. The van der Waals surface area contributed by atoms with E-state index in [-0.39, 0.29) is 17.2 Å². The molecule has 2 atom stereocenters. The fourth-order valence-electron chi connectivity index (χ4n) is 2.78. The van der Waals surface area contributed by atoms with Gasteiger partial charge in [0.15, 0.2) is 5.13 Å². The normalized spacial score (nSPS) is 21.6. The number of nitrogens with one attached hydrogen (secondary N) is 2. The Bertz CT molecular complexity index is 999. The number of allylic oxidation sites excluding steroid dienone is 1. The lowest BCUT2D eigenvalue weighted by molar-refractivity contribution is -0.150. The molecule has 2 aliphatic rings. The molecule has 0 bridgehead atoms. The number of hydrogen-bond acceptors (Lipinski definition) is 8. The van der Waals surface area contributed by atoms with Crippen LogP contribution in [0.25, 0.3) is 0 Å². The quantitative estimate of drug-likeness (QED) is 0.498. The lowest BCUT2D eigenvalue weighted by Crippen LogP contribution is -2.70. The molecule has 150 valence electrons. The number of rotatable bonds is 7. The SMILES string of the molecule is C=CC1=C(C(=O)O)N2C(=O)C(NC(=O)Cc3csc(NS(C)(=O)=O)n3)[C@H]2SC1. The Kier molecular flexibility index (Phi) is 5.50. The fraction of sp³-hybridized carbons (Fsp3) is 0.333.